The van der Waals surface area contributed by atoms with E-state index < -0.39 is 0 Å². The molecule has 0 amide bonds. The first kappa shape index (κ1) is 21.4. The van der Waals surface area contributed by atoms with Crippen molar-refractivity contribution in [1.29, 1.82) is 0 Å². The fourth-order valence-electron chi connectivity index (χ4n) is 5.68. The lowest BCUT2D eigenvalue weighted by Crippen LogP contribution is -1.84. The highest BCUT2D eigenvalue weighted by Crippen LogP contribution is 2.41. The molecule has 0 saturated heterocycles. The summed E-state index contributed by atoms with van der Waals surface area (Å²) in [6, 6.07) is 47.7. The van der Waals surface area contributed by atoms with Crippen LogP contribution in [0.5, 0.6) is 0 Å². The van der Waals surface area contributed by atoms with E-state index in [9.17, 15) is 0 Å². The molecule has 0 atom stereocenters. The molecule has 178 valence electrons. The monoisotopic (exact) mass is 502 g/mol. The Hall–Kier alpha value is -4.66. The Morgan fingerprint density at radius 1 is 0.421 bits per heavy atom. The molecule has 0 radical (unpaired) electrons. The van der Waals surface area contributed by atoms with Crippen LogP contribution < -0.4 is 0 Å². The van der Waals surface area contributed by atoms with Gasteiger partial charge in [-0.05, 0) is 52.1 Å². The molecule has 0 aliphatic carbocycles. The summed E-state index contributed by atoms with van der Waals surface area (Å²) in [4.78, 5) is 0. The summed E-state index contributed by atoms with van der Waals surface area (Å²) in [5.74, 6) is 0. The maximum Gasteiger partial charge on any atom is 0.143 e. The lowest BCUT2D eigenvalue weighted by atomic mass is 9.95. The van der Waals surface area contributed by atoms with Gasteiger partial charge in [-0.1, -0.05) is 109 Å². The number of furan rings is 1. The fourth-order valence-corrected chi connectivity index (χ4v) is 6.92. The van der Waals surface area contributed by atoms with Crippen LogP contribution in [0.25, 0.3) is 75.5 Å². The normalized spacial score (nSPS) is 11.7. The van der Waals surface area contributed by atoms with Crippen molar-refractivity contribution in [2.75, 3.05) is 0 Å². The van der Waals surface area contributed by atoms with Gasteiger partial charge in [0.05, 0.1) is 0 Å². The number of thiophene rings is 1. The Labute approximate surface area is 224 Å². The highest BCUT2D eigenvalue weighted by Gasteiger charge is 2.14. The van der Waals surface area contributed by atoms with Gasteiger partial charge in [-0.2, -0.15) is 0 Å². The molecular formula is C36H22OS. The van der Waals surface area contributed by atoms with Crippen LogP contribution in [-0.4, -0.2) is 0 Å². The molecule has 6 aromatic carbocycles. The van der Waals surface area contributed by atoms with Gasteiger partial charge in [-0.3, -0.25) is 0 Å². The zero-order valence-electron chi connectivity index (χ0n) is 20.5. The number of fused-ring (bicyclic) bond motifs is 6. The molecule has 0 saturated carbocycles. The number of hydrogen-bond acceptors (Lipinski definition) is 2. The van der Waals surface area contributed by atoms with Crippen LogP contribution in [-0.2, 0) is 0 Å². The minimum atomic E-state index is 0.925. The highest BCUT2D eigenvalue weighted by molar-refractivity contribution is 7.26. The van der Waals surface area contributed by atoms with Gasteiger partial charge in [-0.25, -0.2) is 0 Å². The van der Waals surface area contributed by atoms with Crippen molar-refractivity contribution < 1.29 is 4.42 Å². The van der Waals surface area contributed by atoms with Crippen LogP contribution in [0, 0.1) is 0 Å². The van der Waals surface area contributed by atoms with Crippen molar-refractivity contribution in [3.05, 3.63) is 133 Å². The van der Waals surface area contributed by atoms with E-state index >= 15 is 0 Å². The molecule has 0 bridgehead atoms. The molecule has 0 fully saturated rings. The maximum absolute atomic E-state index is 6.33. The van der Waals surface area contributed by atoms with Gasteiger partial charge in [0, 0.05) is 36.5 Å². The minimum Gasteiger partial charge on any atom is -0.455 e. The van der Waals surface area contributed by atoms with Gasteiger partial charge in [-0.15, -0.1) is 11.3 Å². The van der Waals surface area contributed by atoms with Crippen LogP contribution in [0.4, 0.5) is 0 Å². The number of benzene rings is 6. The van der Waals surface area contributed by atoms with Crippen molar-refractivity contribution in [3.63, 3.8) is 0 Å². The SMILES string of the molecule is c1cc(-c2cccc(-c3cccc4c3sc3ccccc34)c2)cc(-c2cccc3c2oc2ccccc23)c1. The number of hydrogen-bond donors (Lipinski definition) is 0. The van der Waals surface area contributed by atoms with Crippen LogP contribution in [0.3, 0.4) is 0 Å². The zero-order valence-corrected chi connectivity index (χ0v) is 21.3. The van der Waals surface area contributed by atoms with Crippen LogP contribution in [0.15, 0.2) is 138 Å². The molecule has 1 nitrogen and oxygen atoms in total. The van der Waals surface area contributed by atoms with Crippen LogP contribution in [0.1, 0.15) is 0 Å². The number of para-hydroxylation sites is 2. The summed E-state index contributed by atoms with van der Waals surface area (Å²) in [6.45, 7) is 0. The molecule has 2 heteroatoms. The second-order valence-corrected chi connectivity index (χ2v) is 10.8. The largest absolute Gasteiger partial charge is 0.455 e. The first-order valence-corrected chi connectivity index (χ1v) is 13.7. The molecule has 2 aromatic heterocycles. The third kappa shape index (κ3) is 3.31. The molecule has 2 heterocycles. The summed E-state index contributed by atoms with van der Waals surface area (Å²) < 4.78 is 9.00. The van der Waals surface area contributed by atoms with Gasteiger partial charge >= 0.3 is 0 Å². The first-order valence-electron chi connectivity index (χ1n) is 12.9. The van der Waals surface area contributed by atoms with E-state index in [1.807, 2.05) is 23.5 Å². The van der Waals surface area contributed by atoms with Gasteiger partial charge in [0.15, 0.2) is 0 Å². The summed E-state index contributed by atoms with van der Waals surface area (Å²) >= 11 is 1.88. The molecule has 0 unspecified atom stereocenters. The Morgan fingerprint density at radius 2 is 1.00 bits per heavy atom. The van der Waals surface area contributed by atoms with E-state index in [-0.39, 0.29) is 0 Å². The Bertz CT molecular complexity index is 1990. The molecule has 38 heavy (non-hydrogen) atoms. The van der Waals surface area contributed by atoms with Crippen molar-refractivity contribution in [2.24, 2.45) is 0 Å². The second kappa shape index (κ2) is 8.44. The van der Waals surface area contributed by atoms with Crippen molar-refractivity contribution in [3.8, 4) is 33.4 Å². The quantitative estimate of drug-likeness (QED) is 0.234. The topological polar surface area (TPSA) is 13.1 Å². The first-order chi connectivity index (χ1) is 18.8. The molecule has 8 aromatic rings. The lowest BCUT2D eigenvalue weighted by Gasteiger charge is -2.09. The van der Waals surface area contributed by atoms with E-state index in [1.54, 1.807) is 0 Å². The molecule has 0 aliphatic heterocycles. The predicted molar refractivity (Wildman–Crippen MR) is 163 cm³/mol. The summed E-state index contributed by atoms with van der Waals surface area (Å²) in [5.41, 5.74) is 9.07. The average molecular weight is 503 g/mol. The molecule has 0 spiro atoms. The van der Waals surface area contributed by atoms with Crippen LogP contribution >= 0.6 is 11.3 Å². The van der Waals surface area contributed by atoms with E-state index in [1.165, 1.54) is 42.4 Å². The van der Waals surface area contributed by atoms with E-state index in [0.29, 0.717) is 0 Å². The van der Waals surface area contributed by atoms with E-state index in [0.717, 1.165) is 33.1 Å². The summed E-state index contributed by atoms with van der Waals surface area (Å²) in [5, 5.41) is 4.97. The summed E-state index contributed by atoms with van der Waals surface area (Å²) in [7, 11) is 0. The highest BCUT2D eigenvalue weighted by atomic mass is 32.1. The Morgan fingerprint density at radius 3 is 1.82 bits per heavy atom. The third-order valence-electron chi connectivity index (χ3n) is 7.49. The zero-order chi connectivity index (χ0) is 25.1. The predicted octanol–water partition coefficient (Wildman–Crippen LogP) is 11.0. The standard InChI is InChI=1S/C36H22OS/c1-3-19-33-29(13-1)31-17-7-15-27(35(31)37-33)25-11-5-9-23(21-25)24-10-6-12-26(22-24)28-16-8-18-32-30-14-2-4-20-34(30)38-36(28)32/h1-22H. The lowest BCUT2D eigenvalue weighted by molar-refractivity contribution is 0.670. The smallest absolute Gasteiger partial charge is 0.143 e. The van der Waals surface area contributed by atoms with E-state index in [2.05, 4.69) is 121 Å². The Balaban J connectivity index is 1.25. The van der Waals surface area contributed by atoms with Gasteiger partial charge in [0.1, 0.15) is 11.2 Å². The molecule has 0 N–H and O–H groups in total. The second-order valence-electron chi connectivity index (χ2n) is 9.72. The maximum atomic E-state index is 6.33. The van der Waals surface area contributed by atoms with Crippen molar-refractivity contribution >= 4 is 53.4 Å². The minimum absolute atomic E-state index is 0.925. The van der Waals surface area contributed by atoms with Gasteiger partial charge in [0.25, 0.3) is 0 Å². The Kier molecular flexibility index (Phi) is 4.76. The van der Waals surface area contributed by atoms with Gasteiger partial charge in [0.2, 0.25) is 0 Å². The number of rotatable bonds is 3. The van der Waals surface area contributed by atoms with Crippen molar-refractivity contribution in [2.45, 2.75) is 0 Å². The molecule has 8 rings (SSSR count). The average Bonchev–Trinajstić information content (AvgIpc) is 3.56. The fraction of sp³-hybridized carbons (Fsp3) is 0. The van der Waals surface area contributed by atoms with Gasteiger partial charge < -0.3 is 4.42 Å². The van der Waals surface area contributed by atoms with Crippen LogP contribution in [0.2, 0.25) is 0 Å². The van der Waals surface area contributed by atoms with Crippen molar-refractivity contribution in [1.82, 2.24) is 0 Å². The summed E-state index contributed by atoms with van der Waals surface area (Å²) in [6.07, 6.45) is 0. The van der Waals surface area contributed by atoms with E-state index in [4.69, 9.17) is 4.42 Å². The third-order valence-corrected chi connectivity index (χ3v) is 8.71. The molecular weight excluding hydrogens is 480 g/mol. The molecule has 0 aliphatic rings.